The minimum Gasteiger partial charge on any atom is -0.288 e. The van der Waals surface area contributed by atoms with Crippen LogP contribution in [-0.2, 0) is 0 Å². The standard InChI is InChI=1S/C18H10ClNOS2/c19-12-7-5-11(6-8-12)16(21)17-15(14-4-2-10-22-14)13-3-1-9-20-18(13)23-17/h1-10H. The monoisotopic (exact) mass is 355 g/mol. The third-order valence-corrected chi connectivity index (χ3v) is 5.80. The molecule has 3 aromatic heterocycles. The van der Waals surface area contributed by atoms with E-state index in [0.29, 0.717) is 10.6 Å². The second kappa shape index (κ2) is 5.89. The lowest BCUT2D eigenvalue weighted by atomic mass is 10.0. The maximum absolute atomic E-state index is 13.0. The molecule has 0 bridgehead atoms. The SMILES string of the molecule is O=C(c1ccc(Cl)cc1)c1sc2ncccc2c1-c1cccs1. The predicted octanol–water partition coefficient (Wildman–Crippen LogP) is 5.91. The van der Waals surface area contributed by atoms with Crippen molar-refractivity contribution in [2.75, 3.05) is 0 Å². The maximum Gasteiger partial charge on any atom is 0.203 e. The van der Waals surface area contributed by atoms with Crippen LogP contribution in [-0.4, -0.2) is 10.8 Å². The van der Waals surface area contributed by atoms with Crippen LogP contribution < -0.4 is 0 Å². The zero-order chi connectivity index (χ0) is 15.8. The first-order valence-corrected chi connectivity index (χ1v) is 9.03. The molecule has 4 aromatic rings. The summed E-state index contributed by atoms with van der Waals surface area (Å²) in [4.78, 5) is 20.1. The lowest BCUT2D eigenvalue weighted by Gasteiger charge is -2.03. The minimum atomic E-state index is 0.00747. The first-order chi connectivity index (χ1) is 11.2. The summed E-state index contributed by atoms with van der Waals surface area (Å²) in [5.74, 6) is 0.00747. The van der Waals surface area contributed by atoms with Crippen LogP contribution in [0.4, 0.5) is 0 Å². The lowest BCUT2D eigenvalue weighted by molar-refractivity contribution is 0.104. The van der Waals surface area contributed by atoms with Crippen molar-refractivity contribution >= 4 is 50.3 Å². The number of fused-ring (bicyclic) bond motifs is 1. The molecule has 0 saturated carbocycles. The number of halogens is 1. The van der Waals surface area contributed by atoms with E-state index in [1.54, 1.807) is 41.8 Å². The Morgan fingerprint density at radius 3 is 2.61 bits per heavy atom. The zero-order valence-corrected chi connectivity index (χ0v) is 14.2. The van der Waals surface area contributed by atoms with E-state index in [2.05, 4.69) is 4.98 Å². The van der Waals surface area contributed by atoms with Gasteiger partial charge in [0.25, 0.3) is 0 Å². The fourth-order valence-electron chi connectivity index (χ4n) is 2.49. The van der Waals surface area contributed by atoms with Gasteiger partial charge in [0.2, 0.25) is 5.78 Å². The predicted molar refractivity (Wildman–Crippen MR) is 97.8 cm³/mol. The highest BCUT2D eigenvalue weighted by Crippen LogP contribution is 2.40. The smallest absolute Gasteiger partial charge is 0.203 e. The van der Waals surface area contributed by atoms with Gasteiger partial charge in [-0.1, -0.05) is 17.7 Å². The van der Waals surface area contributed by atoms with Crippen molar-refractivity contribution in [3.8, 4) is 10.4 Å². The van der Waals surface area contributed by atoms with Gasteiger partial charge in [0, 0.05) is 32.6 Å². The molecule has 1 aromatic carbocycles. The van der Waals surface area contributed by atoms with Crippen LogP contribution in [0.15, 0.2) is 60.1 Å². The minimum absolute atomic E-state index is 0.00747. The lowest BCUT2D eigenvalue weighted by Crippen LogP contribution is -1.99. The Kier molecular flexibility index (Phi) is 3.73. The van der Waals surface area contributed by atoms with Gasteiger partial charge in [0.05, 0.1) is 4.88 Å². The number of pyridine rings is 1. The van der Waals surface area contributed by atoms with E-state index in [1.807, 2.05) is 29.6 Å². The molecular weight excluding hydrogens is 346 g/mol. The quantitative estimate of drug-likeness (QED) is 0.427. The van der Waals surface area contributed by atoms with Crippen molar-refractivity contribution in [1.29, 1.82) is 0 Å². The first-order valence-electron chi connectivity index (χ1n) is 6.96. The summed E-state index contributed by atoms with van der Waals surface area (Å²) in [6.45, 7) is 0. The fourth-order valence-corrected chi connectivity index (χ4v) is 4.59. The second-order valence-electron chi connectivity index (χ2n) is 4.98. The van der Waals surface area contributed by atoms with E-state index < -0.39 is 0 Å². The fraction of sp³-hybridized carbons (Fsp3) is 0. The van der Waals surface area contributed by atoms with Crippen LogP contribution in [0.5, 0.6) is 0 Å². The van der Waals surface area contributed by atoms with Crippen LogP contribution in [0.2, 0.25) is 5.02 Å². The highest BCUT2D eigenvalue weighted by molar-refractivity contribution is 7.22. The Morgan fingerprint density at radius 1 is 1.04 bits per heavy atom. The van der Waals surface area contributed by atoms with Gasteiger partial charge in [-0.25, -0.2) is 4.98 Å². The van der Waals surface area contributed by atoms with Crippen molar-refractivity contribution in [2.45, 2.75) is 0 Å². The number of nitrogens with zero attached hydrogens (tertiary/aromatic N) is 1. The second-order valence-corrected chi connectivity index (χ2v) is 7.36. The topological polar surface area (TPSA) is 30.0 Å². The van der Waals surface area contributed by atoms with Crippen LogP contribution >= 0.6 is 34.3 Å². The number of benzene rings is 1. The molecule has 0 aliphatic rings. The Morgan fingerprint density at radius 2 is 1.87 bits per heavy atom. The molecule has 0 fully saturated rings. The molecule has 5 heteroatoms. The summed E-state index contributed by atoms with van der Waals surface area (Å²) in [6.07, 6.45) is 1.76. The van der Waals surface area contributed by atoms with E-state index >= 15 is 0 Å². The van der Waals surface area contributed by atoms with E-state index in [0.717, 1.165) is 25.5 Å². The normalized spacial score (nSPS) is 11.0. The largest absolute Gasteiger partial charge is 0.288 e. The van der Waals surface area contributed by atoms with Gasteiger partial charge < -0.3 is 0 Å². The summed E-state index contributed by atoms with van der Waals surface area (Å²) < 4.78 is 0. The molecule has 0 unspecified atom stereocenters. The molecule has 3 heterocycles. The average molecular weight is 356 g/mol. The molecule has 0 radical (unpaired) electrons. The van der Waals surface area contributed by atoms with Crippen molar-refractivity contribution in [2.24, 2.45) is 0 Å². The number of thiophene rings is 2. The van der Waals surface area contributed by atoms with Crippen LogP contribution in [0, 0.1) is 0 Å². The molecule has 23 heavy (non-hydrogen) atoms. The van der Waals surface area contributed by atoms with Gasteiger partial charge in [0.1, 0.15) is 4.83 Å². The number of aromatic nitrogens is 1. The molecule has 0 N–H and O–H groups in total. The van der Waals surface area contributed by atoms with Gasteiger partial charge >= 0.3 is 0 Å². The third kappa shape index (κ3) is 2.59. The highest BCUT2D eigenvalue weighted by atomic mass is 35.5. The third-order valence-electron chi connectivity index (χ3n) is 3.55. The molecule has 2 nitrogen and oxygen atoms in total. The Hall–Kier alpha value is -2.01. The summed E-state index contributed by atoms with van der Waals surface area (Å²) in [6, 6.07) is 15.0. The van der Waals surface area contributed by atoms with Crippen molar-refractivity contribution in [1.82, 2.24) is 4.98 Å². The molecule has 4 rings (SSSR count). The van der Waals surface area contributed by atoms with Crippen LogP contribution in [0.25, 0.3) is 20.7 Å². The molecule has 112 valence electrons. The molecule has 0 aliphatic heterocycles. The maximum atomic E-state index is 13.0. The van der Waals surface area contributed by atoms with Gasteiger partial charge in [-0.2, -0.15) is 0 Å². The van der Waals surface area contributed by atoms with Crippen molar-refractivity contribution < 1.29 is 4.79 Å². The number of hydrogen-bond acceptors (Lipinski definition) is 4. The summed E-state index contributed by atoms with van der Waals surface area (Å²) in [5.41, 5.74) is 1.62. The molecule has 0 saturated heterocycles. The average Bonchev–Trinajstić information content (AvgIpc) is 3.21. The van der Waals surface area contributed by atoms with Gasteiger partial charge in [-0.15, -0.1) is 22.7 Å². The number of hydrogen-bond donors (Lipinski definition) is 0. The zero-order valence-electron chi connectivity index (χ0n) is 11.8. The summed E-state index contributed by atoms with van der Waals surface area (Å²) in [5, 5.41) is 3.67. The van der Waals surface area contributed by atoms with E-state index in [4.69, 9.17) is 11.6 Å². The molecule has 0 amide bonds. The number of ketones is 1. The van der Waals surface area contributed by atoms with Crippen molar-refractivity contribution in [3.05, 3.63) is 75.6 Å². The molecule has 0 spiro atoms. The highest BCUT2D eigenvalue weighted by Gasteiger charge is 2.21. The summed E-state index contributed by atoms with van der Waals surface area (Å²) >= 11 is 8.99. The molecule has 0 atom stereocenters. The Bertz CT molecular complexity index is 988. The van der Waals surface area contributed by atoms with Gasteiger partial charge in [-0.3, -0.25) is 4.79 Å². The van der Waals surface area contributed by atoms with Crippen LogP contribution in [0.3, 0.4) is 0 Å². The van der Waals surface area contributed by atoms with Gasteiger partial charge in [-0.05, 0) is 47.8 Å². The Balaban J connectivity index is 1.94. The van der Waals surface area contributed by atoms with E-state index in [-0.39, 0.29) is 5.78 Å². The van der Waals surface area contributed by atoms with Crippen molar-refractivity contribution in [3.63, 3.8) is 0 Å². The van der Waals surface area contributed by atoms with Crippen LogP contribution in [0.1, 0.15) is 15.2 Å². The molecule has 0 aliphatic carbocycles. The van der Waals surface area contributed by atoms with E-state index in [1.165, 1.54) is 11.3 Å². The number of carbonyl (C=O) groups is 1. The Labute approximate surface area is 146 Å². The molecular formula is C18H10ClNOS2. The first kappa shape index (κ1) is 14.6. The van der Waals surface area contributed by atoms with Gasteiger partial charge in [0.15, 0.2) is 0 Å². The number of rotatable bonds is 3. The van der Waals surface area contributed by atoms with E-state index in [9.17, 15) is 4.79 Å². The number of carbonyl (C=O) groups excluding carboxylic acids is 1. The summed E-state index contributed by atoms with van der Waals surface area (Å²) in [7, 11) is 0.